The molecular formula is C8H6BrFN2. The molecule has 0 aliphatic carbocycles. The number of hydrogen-bond donors (Lipinski definition) is 1. The van der Waals surface area contributed by atoms with Gasteiger partial charge in [0.15, 0.2) is 5.82 Å². The zero-order valence-electron chi connectivity index (χ0n) is 6.14. The summed E-state index contributed by atoms with van der Waals surface area (Å²) in [5.41, 5.74) is 1.78. The van der Waals surface area contributed by atoms with Crippen molar-refractivity contribution < 1.29 is 4.39 Å². The van der Waals surface area contributed by atoms with Gasteiger partial charge in [0, 0.05) is 10.9 Å². The normalized spacial score (nSPS) is 10.8. The highest BCUT2D eigenvalue weighted by Gasteiger charge is 2.07. The number of fused-ring (bicyclic) bond motifs is 1. The van der Waals surface area contributed by atoms with Gasteiger partial charge in [-0.3, -0.25) is 0 Å². The van der Waals surface area contributed by atoms with Crippen molar-refractivity contribution in [2.45, 2.75) is 5.33 Å². The highest BCUT2D eigenvalue weighted by atomic mass is 79.9. The monoisotopic (exact) mass is 228 g/mol. The number of nitrogens with zero attached hydrogens (tertiary/aromatic N) is 1. The van der Waals surface area contributed by atoms with Crippen molar-refractivity contribution in [3.63, 3.8) is 0 Å². The van der Waals surface area contributed by atoms with E-state index in [1.165, 1.54) is 6.33 Å². The number of alkyl halides is 1. The van der Waals surface area contributed by atoms with E-state index in [1.54, 1.807) is 6.07 Å². The topological polar surface area (TPSA) is 28.7 Å². The summed E-state index contributed by atoms with van der Waals surface area (Å²) in [5.74, 6) is -0.245. The lowest BCUT2D eigenvalue weighted by molar-refractivity contribution is 0.627. The number of aromatic amines is 1. The first-order valence-electron chi connectivity index (χ1n) is 3.49. The molecule has 0 atom stereocenters. The van der Waals surface area contributed by atoms with Gasteiger partial charge in [-0.2, -0.15) is 0 Å². The van der Waals surface area contributed by atoms with Crippen molar-refractivity contribution in [3.8, 4) is 0 Å². The molecule has 2 nitrogen and oxygen atoms in total. The number of rotatable bonds is 1. The summed E-state index contributed by atoms with van der Waals surface area (Å²) >= 11 is 3.20. The Bertz CT molecular complexity index is 410. The zero-order chi connectivity index (χ0) is 8.55. The fourth-order valence-electron chi connectivity index (χ4n) is 1.12. The molecule has 2 rings (SSSR count). The van der Waals surface area contributed by atoms with Crippen molar-refractivity contribution in [2.75, 3.05) is 0 Å². The smallest absolute Gasteiger partial charge is 0.155 e. The third kappa shape index (κ3) is 1.03. The van der Waals surface area contributed by atoms with Crippen LogP contribution in [-0.2, 0) is 5.33 Å². The summed E-state index contributed by atoms with van der Waals surface area (Å²) < 4.78 is 13.4. The Morgan fingerprint density at radius 2 is 2.33 bits per heavy atom. The predicted molar refractivity (Wildman–Crippen MR) is 48.7 cm³/mol. The van der Waals surface area contributed by atoms with Crippen molar-refractivity contribution in [1.29, 1.82) is 0 Å². The van der Waals surface area contributed by atoms with E-state index >= 15 is 0 Å². The van der Waals surface area contributed by atoms with Crippen LogP contribution in [0.4, 0.5) is 4.39 Å². The quantitative estimate of drug-likeness (QED) is 0.748. The van der Waals surface area contributed by atoms with E-state index in [-0.39, 0.29) is 5.82 Å². The van der Waals surface area contributed by atoms with E-state index < -0.39 is 0 Å². The molecule has 1 heterocycles. The Balaban J connectivity index is 2.78. The van der Waals surface area contributed by atoms with Crippen LogP contribution in [0, 0.1) is 5.82 Å². The predicted octanol–water partition coefficient (Wildman–Crippen LogP) is 2.60. The number of imidazole rings is 1. The summed E-state index contributed by atoms with van der Waals surface area (Å²) in [6.45, 7) is 0. The molecule has 0 fully saturated rings. The molecule has 0 amide bonds. The first-order valence-corrected chi connectivity index (χ1v) is 4.61. The minimum atomic E-state index is -0.245. The second-order valence-electron chi connectivity index (χ2n) is 2.47. The molecule has 62 valence electrons. The van der Waals surface area contributed by atoms with Crippen LogP contribution >= 0.6 is 15.9 Å². The zero-order valence-corrected chi connectivity index (χ0v) is 7.73. The van der Waals surface area contributed by atoms with E-state index in [0.717, 1.165) is 5.52 Å². The van der Waals surface area contributed by atoms with Gasteiger partial charge in [0.05, 0.1) is 11.8 Å². The standard InChI is InChI=1S/C8H6BrFN2/c9-3-5-1-2-6-8(7(5)10)12-4-11-6/h1-2,4H,3H2,(H,11,12). The number of aromatic nitrogens is 2. The molecule has 0 spiro atoms. The Hall–Kier alpha value is -0.900. The Labute approximate surface area is 76.9 Å². The first kappa shape index (κ1) is 7.73. The molecule has 0 radical (unpaired) electrons. The molecule has 2 aromatic rings. The van der Waals surface area contributed by atoms with Gasteiger partial charge in [-0.05, 0) is 6.07 Å². The van der Waals surface area contributed by atoms with Crippen LogP contribution in [-0.4, -0.2) is 9.97 Å². The van der Waals surface area contributed by atoms with E-state index in [1.807, 2.05) is 6.07 Å². The van der Waals surface area contributed by atoms with Crippen LogP contribution in [0.2, 0.25) is 0 Å². The summed E-state index contributed by atoms with van der Waals surface area (Å²) in [6.07, 6.45) is 1.49. The van der Waals surface area contributed by atoms with Crippen LogP contribution in [0.15, 0.2) is 18.5 Å². The molecule has 1 aromatic heterocycles. The number of benzene rings is 1. The van der Waals surface area contributed by atoms with Gasteiger partial charge < -0.3 is 4.98 Å². The third-order valence-corrected chi connectivity index (χ3v) is 2.36. The molecular weight excluding hydrogens is 223 g/mol. The maximum absolute atomic E-state index is 13.4. The molecule has 0 bridgehead atoms. The maximum Gasteiger partial charge on any atom is 0.155 e. The fourth-order valence-corrected chi connectivity index (χ4v) is 1.55. The van der Waals surface area contributed by atoms with Crippen molar-refractivity contribution >= 4 is 27.0 Å². The van der Waals surface area contributed by atoms with Gasteiger partial charge in [0.1, 0.15) is 5.52 Å². The van der Waals surface area contributed by atoms with Crippen LogP contribution in [0.5, 0.6) is 0 Å². The fraction of sp³-hybridized carbons (Fsp3) is 0.125. The lowest BCUT2D eigenvalue weighted by Crippen LogP contribution is -1.86. The Morgan fingerprint density at radius 3 is 3.08 bits per heavy atom. The first-order chi connectivity index (χ1) is 5.83. The van der Waals surface area contributed by atoms with Crippen LogP contribution in [0.1, 0.15) is 5.56 Å². The van der Waals surface area contributed by atoms with E-state index in [0.29, 0.717) is 16.4 Å². The van der Waals surface area contributed by atoms with E-state index in [4.69, 9.17) is 0 Å². The molecule has 0 aliphatic rings. The molecule has 0 saturated carbocycles. The van der Waals surface area contributed by atoms with Gasteiger partial charge in [0.25, 0.3) is 0 Å². The second-order valence-corrected chi connectivity index (χ2v) is 3.03. The maximum atomic E-state index is 13.4. The summed E-state index contributed by atoms with van der Waals surface area (Å²) in [5, 5.41) is 0.516. The van der Waals surface area contributed by atoms with Gasteiger partial charge in [-0.15, -0.1) is 0 Å². The molecule has 0 saturated heterocycles. The number of nitrogens with one attached hydrogen (secondary N) is 1. The number of hydrogen-bond acceptors (Lipinski definition) is 1. The highest BCUT2D eigenvalue weighted by molar-refractivity contribution is 9.08. The van der Waals surface area contributed by atoms with E-state index in [9.17, 15) is 4.39 Å². The summed E-state index contributed by atoms with van der Waals surface area (Å²) in [4.78, 5) is 6.72. The molecule has 1 N–H and O–H groups in total. The highest BCUT2D eigenvalue weighted by Crippen LogP contribution is 2.19. The van der Waals surface area contributed by atoms with Crippen LogP contribution < -0.4 is 0 Å². The molecule has 1 aromatic carbocycles. The summed E-state index contributed by atoms with van der Waals surface area (Å²) in [7, 11) is 0. The average Bonchev–Trinajstić information content (AvgIpc) is 2.53. The average molecular weight is 229 g/mol. The second kappa shape index (κ2) is 2.86. The van der Waals surface area contributed by atoms with Gasteiger partial charge in [-0.25, -0.2) is 9.37 Å². The largest absolute Gasteiger partial charge is 0.345 e. The van der Waals surface area contributed by atoms with Crippen LogP contribution in [0.25, 0.3) is 11.0 Å². The summed E-state index contributed by atoms with van der Waals surface area (Å²) in [6, 6.07) is 3.56. The minimum Gasteiger partial charge on any atom is -0.345 e. The van der Waals surface area contributed by atoms with Gasteiger partial charge in [-0.1, -0.05) is 22.0 Å². The van der Waals surface area contributed by atoms with Crippen molar-refractivity contribution in [2.24, 2.45) is 0 Å². The van der Waals surface area contributed by atoms with Crippen LogP contribution in [0.3, 0.4) is 0 Å². The Kier molecular flexibility index (Phi) is 1.84. The number of H-pyrrole nitrogens is 1. The molecule has 4 heteroatoms. The minimum absolute atomic E-state index is 0.245. The van der Waals surface area contributed by atoms with Gasteiger partial charge >= 0.3 is 0 Å². The number of halogens is 2. The van der Waals surface area contributed by atoms with Gasteiger partial charge in [0.2, 0.25) is 0 Å². The molecule has 12 heavy (non-hydrogen) atoms. The Morgan fingerprint density at radius 1 is 1.50 bits per heavy atom. The molecule has 0 unspecified atom stereocenters. The van der Waals surface area contributed by atoms with E-state index in [2.05, 4.69) is 25.9 Å². The van der Waals surface area contributed by atoms with Crippen molar-refractivity contribution in [3.05, 3.63) is 29.8 Å². The lowest BCUT2D eigenvalue weighted by atomic mass is 10.2. The SMILES string of the molecule is Fc1c(CBr)ccc2[nH]cnc12. The molecule has 0 aliphatic heterocycles. The third-order valence-electron chi connectivity index (χ3n) is 1.75. The van der Waals surface area contributed by atoms with Crippen molar-refractivity contribution in [1.82, 2.24) is 9.97 Å². The lowest BCUT2D eigenvalue weighted by Gasteiger charge is -1.97.